The Hall–Kier alpha value is -0.220. The molecule has 1 N–H and O–H groups in total. The van der Waals surface area contributed by atoms with Crippen molar-refractivity contribution in [3.63, 3.8) is 0 Å². The van der Waals surface area contributed by atoms with Crippen LogP contribution < -0.4 is 5.32 Å². The van der Waals surface area contributed by atoms with Crippen molar-refractivity contribution in [1.29, 1.82) is 0 Å². The first kappa shape index (κ1) is 12.8. The van der Waals surface area contributed by atoms with E-state index in [1.807, 2.05) is 18.7 Å². The van der Waals surface area contributed by atoms with E-state index in [2.05, 4.69) is 16.5 Å². The highest BCUT2D eigenvalue weighted by atomic mass is 32.2. The van der Waals surface area contributed by atoms with Gasteiger partial charge in [-0.3, -0.25) is 10.1 Å². The van der Waals surface area contributed by atoms with Gasteiger partial charge in [-0.15, -0.1) is 0 Å². The molecule has 2 aliphatic carbocycles. The van der Waals surface area contributed by atoms with Crippen molar-refractivity contribution < 1.29 is 4.79 Å². The number of thioether (sulfide) groups is 1. The number of nitrogens with one attached hydrogen (secondary N) is 1. The van der Waals surface area contributed by atoms with E-state index in [-0.39, 0.29) is 6.04 Å². The molecule has 1 saturated heterocycles. The number of nitrogens with zero attached hydrogens (tertiary/aromatic N) is 1. The molecule has 1 amide bonds. The monoisotopic (exact) mass is 268 g/mol. The van der Waals surface area contributed by atoms with Crippen molar-refractivity contribution in [2.75, 3.05) is 12.8 Å². The maximum atomic E-state index is 12.3. The Labute approximate surface area is 114 Å². The summed E-state index contributed by atoms with van der Waals surface area (Å²) in [6.07, 6.45) is 10.3. The van der Waals surface area contributed by atoms with Gasteiger partial charge in [-0.25, -0.2) is 0 Å². The Balaban J connectivity index is 1.73. The number of amides is 1. The van der Waals surface area contributed by atoms with Crippen LogP contribution in [0.15, 0.2) is 0 Å². The average molecular weight is 268 g/mol. The minimum absolute atomic E-state index is 0.0215. The van der Waals surface area contributed by atoms with Crippen LogP contribution in [-0.4, -0.2) is 40.6 Å². The van der Waals surface area contributed by atoms with Gasteiger partial charge >= 0.3 is 0 Å². The third-order valence-corrected chi connectivity index (χ3v) is 6.36. The molecule has 1 aliphatic heterocycles. The summed E-state index contributed by atoms with van der Waals surface area (Å²) in [5, 5.41) is 3.54. The molecule has 4 heteroatoms. The van der Waals surface area contributed by atoms with Gasteiger partial charge in [0.1, 0.15) is 0 Å². The van der Waals surface area contributed by atoms with Crippen LogP contribution in [-0.2, 0) is 4.79 Å². The van der Waals surface area contributed by atoms with Crippen molar-refractivity contribution in [3.05, 3.63) is 0 Å². The highest BCUT2D eigenvalue weighted by molar-refractivity contribution is 8.00. The van der Waals surface area contributed by atoms with Gasteiger partial charge in [-0.1, -0.05) is 12.8 Å². The minimum Gasteiger partial charge on any atom is -0.324 e. The summed E-state index contributed by atoms with van der Waals surface area (Å²) in [5.41, 5.74) is 0. The zero-order valence-electron chi connectivity index (χ0n) is 11.4. The smallest absolute Gasteiger partial charge is 0.240 e. The van der Waals surface area contributed by atoms with E-state index in [0.29, 0.717) is 22.7 Å². The van der Waals surface area contributed by atoms with Crippen LogP contribution in [0, 0.1) is 5.92 Å². The molecule has 102 valence electrons. The summed E-state index contributed by atoms with van der Waals surface area (Å²) >= 11 is 1.95. The van der Waals surface area contributed by atoms with Gasteiger partial charge in [0.2, 0.25) is 5.91 Å². The molecule has 3 rings (SSSR count). The normalized spacial score (nSPS) is 35.4. The van der Waals surface area contributed by atoms with Crippen LogP contribution in [0.1, 0.15) is 45.4 Å². The second kappa shape index (κ2) is 4.71. The summed E-state index contributed by atoms with van der Waals surface area (Å²) < 4.78 is 0.387. The van der Waals surface area contributed by atoms with Gasteiger partial charge in [0.15, 0.2) is 0 Å². The summed E-state index contributed by atoms with van der Waals surface area (Å²) in [7, 11) is 0. The van der Waals surface area contributed by atoms with E-state index in [1.54, 1.807) is 0 Å². The van der Waals surface area contributed by atoms with Gasteiger partial charge in [0.25, 0.3) is 0 Å². The molecule has 2 unspecified atom stereocenters. The topological polar surface area (TPSA) is 32.3 Å². The number of carbonyl (C=O) groups is 1. The van der Waals surface area contributed by atoms with Crippen LogP contribution >= 0.6 is 11.8 Å². The van der Waals surface area contributed by atoms with Gasteiger partial charge in [-0.2, -0.15) is 11.8 Å². The molecule has 2 saturated carbocycles. The molecule has 18 heavy (non-hydrogen) atoms. The van der Waals surface area contributed by atoms with Crippen molar-refractivity contribution in [1.82, 2.24) is 10.2 Å². The first-order valence-electron chi connectivity index (χ1n) is 7.27. The van der Waals surface area contributed by atoms with E-state index in [1.165, 1.54) is 38.5 Å². The van der Waals surface area contributed by atoms with Crippen LogP contribution in [0.3, 0.4) is 0 Å². The Bertz CT molecular complexity index is 337. The van der Waals surface area contributed by atoms with E-state index in [9.17, 15) is 4.79 Å². The Kier molecular flexibility index (Phi) is 3.35. The van der Waals surface area contributed by atoms with E-state index in [0.717, 1.165) is 6.54 Å². The Morgan fingerprint density at radius 3 is 2.61 bits per heavy atom. The van der Waals surface area contributed by atoms with Gasteiger partial charge < -0.3 is 4.90 Å². The molecule has 3 aliphatic rings. The molecule has 3 nitrogen and oxygen atoms in total. The fourth-order valence-corrected chi connectivity index (χ4v) is 4.30. The SMILES string of the molecule is CSC1(CN2C(=O)C(C)NC2C2CCCC2)CC1. The number of carbonyl (C=O) groups excluding carboxylic acids is 1. The standard InChI is InChI=1S/C14H24N2OS/c1-10-13(17)16(9-14(18-2)7-8-14)12(15-10)11-5-3-4-6-11/h10-12,15H,3-9H2,1-2H3. The lowest BCUT2D eigenvalue weighted by atomic mass is 10.0. The second-order valence-electron chi connectivity index (χ2n) is 6.23. The molecule has 1 heterocycles. The highest BCUT2D eigenvalue weighted by Gasteiger charge is 2.49. The zero-order chi connectivity index (χ0) is 12.8. The summed E-state index contributed by atoms with van der Waals surface area (Å²) in [6.45, 7) is 2.98. The van der Waals surface area contributed by atoms with E-state index >= 15 is 0 Å². The van der Waals surface area contributed by atoms with Crippen molar-refractivity contribution in [2.45, 2.75) is 62.4 Å². The van der Waals surface area contributed by atoms with Crippen molar-refractivity contribution in [2.24, 2.45) is 5.92 Å². The van der Waals surface area contributed by atoms with Crippen molar-refractivity contribution in [3.8, 4) is 0 Å². The fourth-order valence-electron chi connectivity index (χ4n) is 3.52. The summed E-state index contributed by atoms with van der Waals surface area (Å²) in [4.78, 5) is 14.5. The lowest BCUT2D eigenvalue weighted by Gasteiger charge is -2.31. The molecule has 0 spiro atoms. The molecular formula is C14H24N2OS. The number of hydrogen-bond donors (Lipinski definition) is 1. The Morgan fingerprint density at radius 1 is 1.39 bits per heavy atom. The summed E-state index contributed by atoms with van der Waals surface area (Å²) in [5.74, 6) is 1.02. The zero-order valence-corrected chi connectivity index (χ0v) is 12.3. The van der Waals surface area contributed by atoms with Crippen LogP contribution in [0.4, 0.5) is 0 Å². The molecule has 0 aromatic carbocycles. The summed E-state index contributed by atoms with van der Waals surface area (Å²) in [6, 6.07) is 0.0215. The molecule has 0 bridgehead atoms. The predicted octanol–water partition coefficient (Wildman–Crippen LogP) is 2.22. The highest BCUT2D eigenvalue weighted by Crippen LogP contribution is 2.48. The van der Waals surface area contributed by atoms with Crippen LogP contribution in [0.5, 0.6) is 0 Å². The van der Waals surface area contributed by atoms with Gasteiger partial charge in [0, 0.05) is 11.3 Å². The maximum Gasteiger partial charge on any atom is 0.240 e. The minimum atomic E-state index is 0.0215. The van der Waals surface area contributed by atoms with Crippen LogP contribution in [0.2, 0.25) is 0 Å². The van der Waals surface area contributed by atoms with Gasteiger partial charge in [-0.05, 0) is 44.8 Å². The van der Waals surface area contributed by atoms with E-state index in [4.69, 9.17) is 0 Å². The third kappa shape index (κ3) is 2.18. The third-order valence-electron chi connectivity index (χ3n) is 4.96. The van der Waals surface area contributed by atoms with Crippen molar-refractivity contribution >= 4 is 17.7 Å². The molecule has 0 aromatic rings. The second-order valence-corrected chi connectivity index (χ2v) is 7.51. The first-order valence-corrected chi connectivity index (χ1v) is 8.49. The molecule has 0 radical (unpaired) electrons. The molecule has 0 aromatic heterocycles. The maximum absolute atomic E-state index is 12.3. The van der Waals surface area contributed by atoms with Gasteiger partial charge in [0.05, 0.1) is 12.2 Å². The first-order chi connectivity index (χ1) is 8.65. The lowest BCUT2D eigenvalue weighted by Crippen LogP contribution is -2.45. The van der Waals surface area contributed by atoms with Crippen LogP contribution in [0.25, 0.3) is 0 Å². The predicted molar refractivity (Wildman–Crippen MR) is 75.5 cm³/mol. The quantitative estimate of drug-likeness (QED) is 0.848. The Morgan fingerprint density at radius 2 is 2.06 bits per heavy atom. The number of rotatable bonds is 4. The number of hydrogen-bond acceptors (Lipinski definition) is 3. The fraction of sp³-hybridized carbons (Fsp3) is 0.929. The largest absolute Gasteiger partial charge is 0.324 e. The molecule has 3 fully saturated rings. The van der Waals surface area contributed by atoms with E-state index < -0.39 is 0 Å². The molecule has 2 atom stereocenters. The lowest BCUT2D eigenvalue weighted by molar-refractivity contribution is -0.130. The average Bonchev–Trinajstić information content (AvgIpc) is 2.82. The molecular weight excluding hydrogens is 244 g/mol.